The number of pyridine rings is 1. The summed E-state index contributed by atoms with van der Waals surface area (Å²) in [6.45, 7) is 5.86. The summed E-state index contributed by atoms with van der Waals surface area (Å²) in [6.07, 6.45) is 4.06. The summed E-state index contributed by atoms with van der Waals surface area (Å²) in [7, 11) is 0. The van der Waals surface area contributed by atoms with Crippen molar-refractivity contribution in [1.29, 1.82) is 0 Å². The number of aromatic nitrogens is 5. The molecule has 0 spiro atoms. The average Bonchev–Trinajstić information content (AvgIpc) is 3.25. The van der Waals surface area contributed by atoms with Crippen LogP contribution in [0.4, 0.5) is 11.5 Å². The first-order chi connectivity index (χ1) is 12.1. The van der Waals surface area contributed by atoms with E-state index in [4.69, 9.17) is 0 Å². The van der Waals surface area contributed by atoms with Crippen LogP contribution in [-0.2, 0) is 0 Å². The lowest BCUT2D eigenvalue weighted by Crippen LogP contribution is -2.19. The molecule has 4 rings (SSSR count). The predicted molar refractivity (Wildman–Crippen MR) is 93.9 cm³/mol. The molecule has 0 radical (unpaired) electrons. The molecule has 8 heteroatoms. The topological polar surface area (TPSA) is 88.3 Å². The number of carbonyl (C=O) groups is 1. The maximum atomic E-state index is 12.4. The van der Waals surface area contributed by atoms with Crippen molar-refractivity contribution in [3.05, 3.63) is 41.6 Å². The Labute approximate surface area is 144 Å². The van der Waals surface area contributed by atoms with Gasteiger partial charge in [0, 0.05) is 24.5 Å². The fourth-order valence-electron chi connectivity index (χ4n) is 3.04. The molecular weight excluding hydrogens is 318 g/mol. The molecule has 25 heavy (non-hydrogen) atoms. The van der Waals surface area contributed by atoms with Gasteiger partial charge in [0.2, 0.25) is 5.82 Å². The summed E-state index contributed by atoms with van der Waals surface area (Å²) in [5.74, 6) is 1.07. The highest BCUT2D eigenvalue weighted by molar-refractivity contribution is 6.01. The van der Waals surface area contributed by atoms with Crippen LogP contribution in [0, 0.1) is 13.8 Å². The molecule has 1 fully saturated rings. The van der Waals surface area contributed by atoms with Gasteiger partial charge >= 0.3 is 0 Å². The standard InChI is InChI=1S/C17H19N7O/c1-11-9-12(2)24-17(19-11)21-15(22-24)16(25)20-13-5-6-14(18-10-13)23-7-3-4-8-23/h5-6,9-10H,3-4,7-8H2,1-2H3,(H,20,25). The van der Waals surface area contributed by atoms with Crippen molar-refractivity contribution in [2.24, 2.45) is 0 Å². The third kappa shape index (κ3) is 3.02. The number of nitrogens with zero attached hydrogens (tertiary/aromatic N) is 6. The van der Waals surface area contributed by atoms with Gasteiger partial charge in [-0.2, -0.15) is 4.98 Å². The minimum atomic E-state index is -0.377. The number of anilines is 2. The van der Waals surface area contributed by atoms with Crippen molar-refractivity contribution < 1.29 is 4.79 Å². The second kappa shape index (κ2) is 6.12. The Morgan fingerprint density at radius 2 is 1.96 bits per heavy atom. The van der Waals surface area contributed by atoms with E-state index < -0.39 is 0 Å². The number of carbonyl (C=O) groups excluding carboxylic acids is 1. The number of aryl methyl sites for hydroxylation is 2. The van der Waals surface area contributed by atoms with Crippen molar-refractivity contribution >= 4 is 23.2 Å². The molecule has 0 aliphatic carbocycles. The van der Waals surface area contributed by atoms with E-state index in [0.29, 0.717) is 11.5 Å². The Bertz CT molecular complexity index is 926. The van der Waals surface area contributed by atoms with Crippen LogP contribution >= 0.6 is 0 Å². The van der Waals surface area contributed by atoms with Crippen molar-refractivity contribution in [2.75, 3.05) is 23.3 Å². The van der Waals surface area contributed by atoms with Crippen LogP contribution in [0.2, 0.25) is 0 Å². The van der Waals surface area contributed by atoms with Gasteiger partial charge in [-0.3, -0.25) is 4.79 Å². The van der Waals surface area contributed by atoms with Gasteiger partial charge < -0.3 is 10.2 Å². The van der Waals surface area contributed by atoms with Crippen LogP contribution in [0.25, 0.3) is 5.78 Å². The van der Waals surface area contributed by atoms with Crippen LogP contribution in [-0.4, -0.2) is 43.6 Å². The smallest absolute Gasteiger partial charge is 0.295 e. The second-order valence-electron chi connectivity index (χ2n) is 6.24. The van der Waals surface area contributed by atoms with Crippen molar-refractivity contribution in [3.8, 4) is 0 Å². The SMILES string of the molecule is Cc1cc(C)n2nc(C(=O)Nc3ccc(N4CCCC4)nc3)nc2n1. The lowest BCUT2D eigenvalue weighted by molar-refractivity contribution is 0.101. The number of rotatable bonds is 3. The highest BCUT2D eigenvalue weighted by Crippen LogP contribution is 2.19. The fourth-order valence-corrected chi connectivity index (χ4v) is 3.04. The first-order valence-electron chi connectivity index (χ1n) is 8.33. The maximum absolute atomic E-state index is 12.4. The number of fused-ring (bicyclic) bond motifs is 1. The van der Waals surface area contributed by atoms with Gasteiger partial charge in [0.05, 0.1) is 11.9 Å². The van der Waals surface area contributed by atoms with Crippen molar-refractivity contribution in [3.63, 3.8) is 0 Å². The molecule has 0 atom stereocenters. The molecule has 1 N–H and O–H groups in total. The van der Waals surface area contributed by atoms with Gasteiger partial charge in [-0.25, -0.2) is 14.5 Å². The van der Waals surface area contributed by atoms with E-state index >= 15 is 0 Å². The molecule has 0 unspecified atom stereocenters. The van der Waals surface area contributed by atoms with Gasteiger partial charge in [-0.05, 0) is 44.9 Å². The van der Waals surface area contributed by atoms with Crippen molar-refractivity contribution in [2.45, 2.75) is 26.7 Å². The molecule has 8 nitrogen and oxygen atoms in total. The first-order valence-corrected chi connectivity index (χ1v) is 8.33. The number of hydrogen-bond acceptors (Lipinski definition) is 6. The molecule has 0 aromatic carbocycles. The zero-order valence-corrected chi connectivity index (χ0v) is 14.2. The normalized spacial score (nSPS) is 14.2. The largest absolute Gasteiger partial charge is 0.357 e. The van der Waals surface area contributed by atoms with Gasteiger partial charge in [0.15, 0.2) is 0 Å². The minimum absolute atomic E-state index is 0.0878. The summed E-state index contributed by atoms with van der Waals surface area (Å²) in [5, 5.41) is 7.02. The molecule has 1 saturated heterocycles. The van der Waals surface area contributed by atoms with Gasteiger partial charge in [-0.15, -0.1) is 5.10 Å². The summed E-state index contributed by atoms with van der Waals surface area (Å²) < 4.78 is 1.57. The summed E-state index contributed by atoms with van der Waals surface area (Å²) in [6, 6.07) is 5.67. The van der Waals surface area contributed by atoms with Crippen LogP contribution in [0.15, 0.2) is 24.4 Å². The van der Waals surface area contributed by atoms with Gasteiger partial charge in [0.25, 0.3) is 11.7 Å². The third-order valence-corrected chi connectivity index (χ3v) is 4.26. The lowest BCUT2D eigenvalue weighted by Gasteiger charge is -2.16. The second-order valence-corrected chi connectivity index (χ2v) is 6.24. The Kier molecular flexibility index (Phi) is 3.79. The summed E-state index contributed by atoms with van der Waals surface area (Å²) in [4.78, 5) is 27.6. The quantitative estimate of drug-likeness (QED) is 0.786. The molecule has 0 saturated carbocycles. The maximum Gasteiger partial charge on any atom is 0.295 e. The van der Waals surface area contributed by atoms with Crippen molar-refractivity contribution in [1.82, 2.24) is 24.6 Å². The highest BCUT2D eigenvalue weighted by Gasteiger charge is 2.16. The van der Waals surface area contributed by atoms with Gasteiger partial charge in [0.1, 0.15) is 5.82 Å². The summed E-state index contributed by atoms with van der Waals surface area (Å²) >= 11 is 0. The molecular formula is C17H19N7O. The number of hydrogen-bond donors (Lipinski definition) is 1. The van der Waals surface area contributed by atoms with E-state index in [1.54, 1.807) is 10.7 Å². The average molecular weight is 337 g/mol. The van der Waals surface area contributed by atoms with Crippen LogP contribution in [0.1, 0.15) is 34.8 Å². The van der Waals surface area contributed by atoms with E-state index in [1.165, 1.54) is 12.8 Å². The Morgan fingerprint density at radius 3 is 2.68 bits per heavy atom. The van der Waals surface area contributed by atoms with E-state index in [1.807, 2.05) is 32.0 Å². The monoisotopic (exact) mass is 337 g/mol. The predicted octanol–water partition coefficient (Wildman–Crippen LogP) is 1.99. The van der Waals surface area contributed by atoms with E-state index in [0.717, 1.165) is 30.3 Å². The first kappa shape index (κ1) is 15.5. The van der Waals surface area contributed by atoms with Crippen LogP contribution < -0.4 is 10.2 Å². The third-order valence-electron chi connectivity index (χ3n) is 4.26. The molecule has 4 heterocycles. The number of amides is 1. The molecule has 128 valence electrons. The Balaban J connectivity index is 1.52. The summed E-state index contributed by atoms with van der Waals surface area (Å²) in [5.41, 5.74) is 2.34. The zero-order valence-electron chi connectivity index (χ0n) is 14.2. The molecule has 3 aromatic rings. The molecule has 3 aromatic heterocycles. The highest BCUT2D eigenvalue weighted by atomic mass is 16.2. The van der Waals surface area contributed by atoms with Gasteiger partial charge in [-0.1, -0.05) is 0 Å². The fraction of sp³-hybridized carbons (Fsp3) is 0.353. The van der Waals surface area contributed by atoms with E-state index in [2.05, 4.69) is 30.3 Å². The van der Waals surface area contributed by atoms with E-state index in [-0.39, 0.29) is 11.7 Å². The minimum Gasteiger partial charge on any atom is -0.357 e. The zero-order chi connectivity index (χ0) is 17.4. The molecule has 1 amide bonds. The Morgan fingerprint density at radius 1 is 1.16 bits per heavy atom. The number of nitrogens with one attached hydrogen (secondary N) is 1. The molecule has 1 aliphatic rings. The van der Waals surface area contributed by atoms with Crippen LogP contribution in [0.3, 0.4) is 0 Å². The molecule has 0 bridgehead atoms. The van der Waals surface area contributed by atoms with E-state index in [9.17, 15) is 4.79 Å². The Hall–Kier alpha value is -3.03. The molecule has 1 aliphatic heterocycles. The van der Waals surface area contributed by atoms with Crippen LogP contribution in [0.5, 0.6) is 0 Å². The lowest BCUT2D eigenvalue weighted by atomic mass is 10.3.